The molecule has 0 saturated heterocycles. The van der Waals surface area contributed by atoms with E-state index < -0.39 is 0 Å². The van der Waals surface area contributed by atoms with Crippen LogP contribution in [-0.4, -0.2) is 35.7 Å². The molecule has 0 fully saturated rings. The van der Waals surface area contributed by atoms with Crippen molar-refractivity contribution < 1.29 is 9.90 Å². The van der Waals surface area contributed by atoms with Crippen LogP contribution in [0.25, 0.3) is 0 Å². The van der Waals surface area contributed by atoms with E-state index in [4.69, 9.17) is 5.11 Å². The Kier molecular flexibility index (Phi) is 5.79. The Morgan fingerprint density at radius 2 is 2.27 bits per heavy atom. The number of hydrogen-bond acceptors (Lipinski definition) is 3. The molecule has 0 aromatic heterocycles. The predicted molar refractivity (Wildman–Crippen MR) is 63.9 cm³/mol. The number of aliphatic hydroxyl groups is 1. The highest BCUT2D eigenvalue weighted by atomic mass is 32.2. The maximum Gasteiger partial charge on any atom is 0.223 e. The Morgan fingerprint density at radius 3 is 2.80 bits per heavy atom. The van der Waals surface area contributed by atoms with Gasteiger partial charge in [0.2, 0.25) is 5.91 Å². The molecule has 15 heavy (non-hydrogen) atoms. The second-order valence-electron chi connectivity index (χ2n) is 3.81. The summed E-state index contributed by atoms with van der Waals surface area (Å²) < 4.78 is 0. The van der Waals surface area contributed by atoms with Crippen LogP contribution >= 0.6 is 11.8 Å². The van der Waals surface area contributed by atoms with Crippen LogP contribution in [0.4, 0.5) is 0 Å². The molecule has 1 rings (SSSR count). The molecule has 0 radical (unpaired) electrons. The number of carbonyl (C=O) groups is 1. The zero-order valence-electron chi connectivity index (χ0n) is 9.11. The zero-order chi connectivity index (χ0) is 11.1. The summed E-state index contributed by atoms with van der Waals surface area (Å²) in [5.74, 6) is 1.12. The molecule has 2 N–H and O–H groups in total. The number of rotatable bonds is 6. The van der Waals surface area contributed by atoms with Crippen LogP contribution in [0.5, 0.6) is 0 Å². The van der Waals surface area contributed by atoms with Gasteiger partial charge in [0, 0.05) is 24.3 Å². The second-order valence-corrected chi connectivity index (χ2v) is 4.72. The summed E-state index contributed by atoms with van der Waals surface area (Å²) >= 11 is 1.69. The summed E-state index contributed by atoms with van der Waals surface area (Å²) in [7, 11) is 0. The Bertz CT molecular complexity index is 217. The lowest BCUT2D eigenvalue weighted by atomic mass is 10.1. The molecule has 1 aliphatic carbocycles. The van der Waals surface area contributed by atoms with E-state index in [1.54, 1.807) is 11.8 Å². The fraction of sp³-hybridized carbons (Fsp3) is 0.727. The van der Waals surface area contributed by atoms with Gasteiger partial charge >= 0.3 is 0 Å². The minimum absolute atomic E-state index is 0.109. The van der Waals surface area contributed by atoms with Gasteiger partial charge in [0.15, 0.2) is 0 Å². The smallest absolute Gasteiger partial charge is 0.223 e. The largest absolute Gasteiger partial charge is 0.396 e. The molecule has 0 spiro atoms. The van der Waals surface area contributed by atoms with Crippen molar-refractivity contribution in [3.8, 4) is 0 Å². The van der Waals surface area contributed by atoms with Crippen molar-refractivity contribution in [2.75, 3.05) is 18.6 Å². The molecule has 0 saturated carbocycles. The first-order valence-corrected chi connectivity index (χ1v) is 6.72. The molecule has 86 valence electrons. The summed E-state index contributed by atoms with van der Waals surface area (Å²) in [6, 6.07) is 0.109. The first-order chi connectivity index (χ1) is 7.27. The molecule has 4 heteroatoms. The monoisotopic (exact) mass is 229 g/mol. The van der Waals surface area contributed by atoms with Gasteiger partial charge in [-0.3, -0.25) is 4.79 Å². The third-order valence-corrected chi connectivity index (χ3v) is 3.31. The zero-order valence-corrected chi connectivity index (χ0v) is 9.93. The van der Waals surface area contributed by atoms with Crippen LogP contribution in [0.1, 0.15) is 19.3 Å². The second kappa shape index (κ2) is 6.90. The summed E-state index contributed by atoms with van der Waals surface area (Å²) in [5, 5.41) is 11.9. The molecule has 3 nitrogen and oxygen atoms in total. The van der Waals surface area contributed by atoms with Crippen LogP contribution in [0.2, 0.25) is 0 Å². The van der Waals surface area contributed by atoms with E-state index >= 15 is 0 Å². The van der Waals surface area contributed by atoms with Gasteiger partial charge in [0.25, 0.3) is 0 Å². The number of thioether (sulfide) groups is 1. The van der Waals surface area contributed by atoms with Gasteiger partial charge in [-0.05, 0) is 25.5 Å². The topological polar surface area (TPSA) is 49.3 Å². The molecule has 0 bridgehead atoms. The highest BCUT2D eigenvalue weighted by Gasteiger charge is 2.21. The summed E-state index contributed by atoms with van der Waals surface area (Å²) in [5.41, 5.74) is 0. The van der Waals surface area contributed by atoms with Crippen LogP contribution < -0.4 is 5.32 Å². The van der Waals surface area contributed by atoms with E-state index in [1.165, 1.54) is 0 Å². The van der Waals surface area contributed by atoms with E-state index in [-0.39, 0.29) is 24.5 Å². The fourth-order valence-electron chi connectivity index (χ4n) is 1.70. The summed E-state index contributed by atoms with van der Waals surface area (Å²) in [4.78, 5) is 11.8. The van der Waals surface area contributed by atoms with Gasteiger partial charge in [-0.25, -0.2) is 0 Å². The number of allylic oxidation sites excluding steroid dienone is 2. The number of carbonyl (C=O) groups excluding carboxylic acids is 1. The van der Waals surface area contributed by atoms with Gasteiger partial charge in [0.05, 0.1) is 0 Å². The molecule has 1 amide bonds. The Balaban J connectivity index is 2.32. The van der Waals surface area contributed by atoms with E-state index in [0.29, 0.717) is 6.42 Å². The lowest BCUT2D eigenvalue weighted by molar-refractivity contribution is -0.125. The van der Waals surface area contributed by atoms with Crippen molar-refractivity contribution in [2.45, 2.75) is 25.3 Å². The first-order valence-electron chi connectivity index (χ1n) is 5.33. The van der Waals surface area contributed by atoms with Crippen molar-refractivity contribution in [1.29, 1.82) is 0 Å². The van der Waals surface area contributed by atoms with Crippen LogP contribution in [0.3, 0.4) is 0 Å². The van der Waals surface area contributed by atoms with Crippen molar-refractivity contribution in [3.63, 3.8) is 0 Å². The van der Waals surface area contributed by atoms with E-state index in [1.807, 2.05) is 6.26 Å². The van der Waals surface area contributed by atoms with E-state index in [2.05, 4.69) is 17.5 Å². The van der Waals surface area contributed by atoms with E-state index in [0.717, 1.165) is 18.6 Å². The SMILES string of the molecule is CSCC(CCO)NC(=O)C1CC=CC1. The predicted octanol–water partition coefficient (Wildman–Crippen LogP) is 1.18. The molecule has 1 atom stereocenters. The molecule has 0 aromatic carbocycles. The Morgan fingerprint density at radius 1 is 1.60 bits per heavy atom. The number of hydrogen-bond donors (Lipinski definition) is 2. The molecular weight excluding hydrogens is 210 g/mol. The Hall–Kier alpha value is -0.480. The third kappa shape index (κ3) is 4.26. The van der Waals surface area contributed by atoms with Crippen LogP contribution in [-0.2, 0) is 4.79 Å². The van der Waals surface area contributed by atoms with Crippen LogP contribution in [0.15, 0.2) is 12.2 Å². The number of aliphatic hydroxyl groups excluding tert-OH is 1. The summed E-state index contributed by atoms with van der Waals surface area (Å²) in [6.45, 7) is 0.133. The normalized spacial score (nSPS) is 18.0. The molecule has 0 aromatic rings. The van der Waals surface area contributed by atoms with Gasteiger partial charge in [-0.15, -0.1) is 0 Å². The quantitative estimate of drug-likeness (QED) is 0.673. The molecule has 1 aliphatic rings. The molecule has 0 aliphatic heterocycles. The lowest BCUT2D eigenvalue weighted by Crippen LogP contribution is -2.40. The summed E-state index contributed by atoms with van der Waals surface area (Å²) in [6.07, 6.45) is 8.48. The highest BCUT2D eigenvalue weighted by Crippen LogP contribution is 2.18. The van der Waals surface area contributed by atoms with Gasteiger partial charge in [-0.1, -0.05) is 12.2 Å². The van der Waals surface area contributed by atoms with Crippen molar-refractivity contribution in [2.24, 2.45) is 5.92 Å². The standard InChI is InChI=1S/C11H19NO2S/c1-15-8-10(6-7-13)12-11(14)9-4-2-3-5-9/h2-3,9-10,13H,4-8H2,1H3,(H,12,14). The van der Waals surface area contributed by atoms with E-state index in [9.17, 15) is 4.79 Å². The third-order valence-electron chi connectivity index (χ3n) is 2.57. The van der Waals surface area contributed by atoms with Crippen LogP contribution in [0, 0.1) is 5.92 Å². The fourth-order valence-corrected chi connectivity index (χ4v) is 2.36. The number of amides is 1. The number of nitrogens with one attached hydrogen (secondary N) is 1. The first kappa shape index (κ1) is 12.6. The molecular formula is C11H19NO2S. The minimum atomic E-state index is 0.109. The average molecular weight is 229 g/mol. The van der Waals surface area contributed by atoms with Gasteiger partial charge < -0.3 is 10.4 Å². The van der Waals surface area contributed by atoms with Crippen molar-refractivity contribution in [3.05, 3.63) is 12.2 Å². The van der Waals surface area contributed by atoms with Gasteiger partial charge in [0.1, 0.15) is 0 Å². The lowest BCUT2D eigenvalue weighted by Gasteiger charge is -2.19. The highest BCUT2D eigenvalue weighted by molar-refractivity contribution is 7.98. The minimum Gasteiger partial charge on any atom is -0.396 e. The maximum atomic E-state index is 11.8. The average Bonchev–Trinajstić information content (AvgIpc) is 2.71. The Labute approximate surface area is 95.3 Å². The van der Waals surface area contributed by atoms with Gasteiger partial charge in [-0.2, -0.15) is 11.8 Å². The van der Waals surface area contributed by atoms with Crippen molar-refractivity contribution in [1.82, 2.24) is 5.32 Å². The van der Waals surface area contributed by atoms with Crippen molar-refractivity contribution >= 4 is 17.7 Å². The molecule has 0 heterocycles. The molecule has 1 unspecified atom stereocenters. The maximum absolute atomic E-state index is 11.8.